The van der Waals surface area contributed by atoms with Crippen LogP contribution in [0.15, 0.2) is 61.2 Å². The Hall–Kier alpha value is -3.88. The maximum atomic E-state index is 14.9. The molecule has 188 valence electrons. The van der Waals surface area contributed by atoms with Crippen molar-refractivity contribution in [3.63, 3.8) is 0 Å². The third kappa shape index (κ3) is 4.90. The second-order valence-electron chi connectivity index (χ2n) is 9.56. The van der Waals surface area contributed by atoms with E-state index in [9.17, 15) is 9.50 Å². The molecule has 0 bridgehead atoms. The fourth-order valence-electron chi connectivity index (χ4n) is 4.23. The molecule has 0 unspecified atom stereocenters. The standard InChI is InChI=1S/C28H26ClFN6O/c1-15(21-9-17(5-7-23(21)30)20-13-33-34-14-20)36-26-22-10-18(6-8-24(22)35-16(2)25(26)29)19-11-31-27(32-12-19)28(3,4)37/h5-15,37H,1-4H3,(H,33,34)(H,35,36)/t15-/m1/s1. The fraction of sp³-hybridized carbons (Fsp3) is 0.214. The smallest absolute Gasteiger partial charge is 0.159 e. The van der Waals surface area contributed by atoms with Gasteiger partial charge in [-0.2, -0.15) is 5.10 Å². The Balaban J connectivity index is 1.55. The van der Waals surface area contributed by atoms with Crippen LogP contribution >= 0.6 is 11.6 Å². The maximum Gasteiger partial charge on any atom is 0.159 e. The molecule has 7 nitrogen and oxygen atoms in total. The summed E-state index contributed by atoms with van der Waals surface area (Å²) in [5.74, 6) is 0.0245. The van der Waals surface area contributed by atoms with Gasteiger partial charge in [0.05, 0.1) is 34.2 Å². The van der Waals surface area contributed by atoms with Crippen molar-refractivity contribution in [3.8, 4) is 22.3 Å². The highest BCUT2D eigenvalue weighted by atomic mass is 35.5. The lowest BCUT2D eigenvalue weighted by atomic mass is 10.00. The van der Waals surface area contributed by atoms with Crippen molar-refractivity contribution in [2.24, 2.45) is 0 Å². The molecule has 3 heterocycles. The molecule has 0 aliphatic heterocycles. The van der Waals surface area contributed by atoms with Crippen molar-refractivity contribution in [1.82, 2.24) is 25.1 Å². The zero-order valence-corrected chi connectivity index (χ0v) is 21.6. The van der Waals surface area contributed by atoms with E-state index in [4.69, 9.17) is 11.6 Å². The van der Waals surface area contributed by atoms with E-state index in [0.717, 1.165) is 33.2 Å². The van der Waals surface area contributed by atoms with Crippen LogP contribution in [0.1, 0.15) is 43.9 Å². The Bertz CT molecular complexity index is 1580. The lowest BCUT2D eigenvalue weighted by Crippen LogP contribution is -2.19. The van der Waals surface area contributed by atoms with E-state index in [1.54, 1.807) is 44.7 Å². The van der Waals surface area contributed by atoms with Crippen LogP contribution in [0.2, 0.25) is 5.02 Å². The molecule has 0 aliphatic rings. The van der Waals surface area contributed by atoms with Crippen molar-refractivity contribution in [2.45, 2.75) is 39.3 Å². The number of aryl methyl sites for hydroxylation is 1. The summed E-state index contributed by atoms with van der Waals surface area (Å²) < 4.78 is 14.9. The van der Waals surface area contributed by atoms with Crippen molar-refractivity contribution < 1.29 is 9.50 Å². The second kappa shape index (κ2) is 9.53. The Kier molecular flexibility index (Phi) is 6.39. The fourth-order valence-corrected chi connectivity index (χ4v) is 4.43. The highest BCUT2D eigenvalue weighted by Crippen LogP contribution is 2.37. The molecule has 2 aromatic carbocycles. The number of fused-ring (bicyclic) bond motifs is 1. The summed E-state index contributed by atoms with van der Waals surface area (Å²) in [6.45, 7) is 7.01. The van der Waals surface area contributed by atoms with Crippen LogP contribution in [0.3, 0.4) is 0 Å². The van der Waals surface area contributed by atoms with E-state index in [0.29, 0.717) is 27.8 Å². The second-order valence-corrected chi connectivity index (χ2v) is 9.94. The third-order valence-electron chi connectivity index (χ3n) is 6.28. The van der Waals surface area contributed by atoms with Gasteiger partial charge in [0, 0.05) is 40.7 Å². The molecule has 0 saturated carbocycles. The summed E-state index contributed by atoms with van der Waals surface area (Å²) in [5.41, 5.74) is 4.84. The molecule has 3 aromatic heterocycles. The van der Waals surface area contributed by atoms with Gasteiger partial charge in [-0.3, -0.25) is 10.1 Å². The first-order chi connectivity index (χ1) is 17.6. The van der Waals surface area contributed by atoms with Gasteiger partial charge in [0.15, 0.2) is 5.82 Å². The topological polar surface area (TPSA) is 99.6 Å². The van der Waals surface area contributed by atoms with Crippen molar-refractivity contribution in [2.75, 3.05) is 5.32 Å². The van der Waals surface area contributed by atoms with E-state index in [1.807, 2.05) is 38.1 Å². The Morgan fingerprint density at radius 2 is 1.70 bits per heavy atom. The van der Waals surface area contributed by atoms with Gasteiger partial charge >= 0.3 is 0 Å². The first-order valence-corrected chi connectivity index (χ1v) is 12.2. The molecule has 0 saturated heterocycles. The molecular weight excluding hydrogens is 491 g/mol. The minimum atomic E-state index is -1.13. The van der Waals surface area contributed by atoms with Crippen LogP contribution in [-0.2, 0) is 5.60 Å². The van der Waals surface area contributed by atoms with Gasteiger partial charge < -0.3 is 10.4 Å². The largest absolute Gasteiger partial charge is 0.382 e. The van der Waals surface area contributed by atoms with Gasteiger partial charge in [-0.25, -0.2) is 14.4 Å². The number of halogens is 2. The lowest BCUT2D eigenvalue weighted by Gasteiger charge is -2.21. The predicted octanol–water partition coefficient (Wildman–Crippen LogP) is 6.58. The van der Waals surface area contributed by atoms with E-state index in [2.05, 4.69) is 30.5 Å². The summed E-state index contributed by atoms with van der Waals surface area (Å²) in [5, 5.41) is 21.6. The number of nitrogens with zero attached hydrogens (tertiary/aromatic N) is 4. The van der Waals surface area contributed by atoms with Crippen molar-refractivity contribution in [3.05, 3.63) is 89.1 Å². The molecular formula is C28H26ClFN6O. The molecule has 0 aliphatic carbocycles. The summed E-state index contributed by atoms with van der Waals surface area (Å²) in [4.78, 5) is 13.3. The molecule has 9 heteroatoms. The number of aromatic amines is 1. The first-order valence-electron chi connectivity index (χ1n) is 11.8. The van der Waals surface area contributed by atoms with Gasteiger partial charge in [-0.05, 0) is 63.1 Å². The molecule has 5 aromatic rings. The number of H-pyrrole nitrogens is 1. The summed E-state index contributed by atoms with van der Waals surface area (Å²) in [7, 11) is 0. The molecule has 5 rings (SSSR count). The van der Waals surface area contributed by atoms with Crippen LogP contribution < -0.4 is 5.32 Å². The number of aromatic nitrogens is 5. The van der Waals surface area contributed by atoms with Gasteiger partial charge in [-0.1, -0.05) is 23.7 Å². The number of nitrogens with one attached hydrogen (secondary N) is 2. The van der Waals surface area contributed by atoms with Gasteiger partial charge in [0.1, 0.15) is 11.4 Å². The molecule has 0 amide bonds. The molecule has 37 heavy (non-hydrogen) atoms. The van der Waals surface area contributed by atoms with Gasteiger partial charge in [0.25, 0.3) is 0 Å². The summed E-state index contributed by atoms with van der Waals surface area (Å²) in [6.07, 6.45) is 6.82. The number of rotatable bonds is 6. The molecule has 0 radical (unpaired) electrons. The van der Waals surface area contributed by atoms with Crippen LogP contribution in [-0.4, -0.2) is 30.3 Å². The zero-order valence-electron chi connectivity index (χ0n) is 20.8. The molecule has 1 atom stereocenters. The highest BCUT2D eigenvalue weighted by Gasteiger charge is 2.20. The van der Waals surface area contributed by atoms with Crippen LogP contribution in [0.4, 0.5) is 10.1 Å². The number of pyridine rings is 1. The van der Waals surface area contributed by atoms with Gasteiger partial charge in [0.2, 0.25) is 0 Å². The number of aliphatic hydroxyl groups is 1. The Morgan fingerprint density at radius 3 is 2.38 bits per heavy atom. The number of benzene rings is 2. The maximum absolute atomic E-state index is 14.9. The van der Waals surface area contributed by atoms with Crippen molar-refractivity contribution in [1.29, 1.82) is 0 Å². The van der Waals surface area contributed by atoms with E-state index < -0.39 is 11.6 Å². The normalized spacial score (nSPS) is 12.6. The van der Waals surface area contributed by atoms with Crippen molar-refractivity contribution >= 4 is 28.2 Å². The van der Waals surface area contributed by atoms with Gasteiger partial charge in [-0.15, -0.1) is 0 Å². The van der Waals surface area contributed by atoms with E-state index >= 15 is 0 Å². The SMILES string of the molecule is Cc1nc2ccc(-c3cnc(C(C)(C)O)nc3)cc2c(N[C@H](C)c2cc(-c3cn[nH]c3)ccc2F)c1Cl. The zero-order chi connectivity index (χ0) is 26.3. The monoisotopic (exact) mass is 516 g/mol. The van der Waals surface area contributed by atoms with Crippen LogP contribution in [0.25, 0.3) is 33.2 Å². The molecule has 0 spiro atoms. The van der Waals surface area contributed by atoms with E-state index in [-0.39, 0.29) is 5.82 Å². The number of hydrogen-bond donors (Lipinski definition) is 3. The first kappa shape index (κ1) is 24.8. The Labute approximate surface area is 218 Å². The third-order valence-corrected chi connectivity index (χ3v) is 6.74. The average molecular weight is 517 g/mol. The predicted molar refractivity (Wildman–Crippen MR) is 144 cm³/mol. The average Bonchev–Trinajstić information content (AvgIpc) is 3.41. The molecule has 0 fully saturated rings. The quantitative estimate of drug-likeness (QED) is 0.235. The number of hydrogen-bond acceptors (Lipinski definition) is 6. The number of anilines is 1. The highest BCUT2D eigenvalue weighted by molar-refractivity contribution is 6.35. The lowest BCUT2D eigenvalue weighted by molar-refractivity contribution is 0.0687. The van der Waals surface area contributed by atoms with Crippen LogP contribution in [0.5, 0.6) is 0 Å². The van der Waals surface area contributed by atoms with E-state index in [1.165, 1.54) is 6.07 Å². The van der Waals surface area contributed by atoms with Crippen LogP contribution in [0, 0.1) is 12.7 Å². The Morgan fingerprint density at radius 1 is 1.00 bits per heavy atom. The summed E-state index contributed by atoms with van der Waals surface area (Å²) >= 11 is 6.74. The minimum absolute atomic E-state index is 0.316. The minimum Gasteiger partial charge on any atom is -0.382 e. The molecule has 3 N–H and O–H groups in total. The summed E-state index contributed by atoms with van der Waals surface area (Å²) in [6, 6.07) is 10.4.